The van der Waals surface area contributed by atoms with Crippen LogP contribution in [0.3, 0.4) is 0 Å². The average molecular weight is 602 g/mol. The Morgan fingerprint density at radius 2 is 1.75 bits per heavy atom. The summed E-state index contributed by atoms with van der Waals surface area (Å²) in [7, 11) is 1.59. The van der Waals surface area contributed by atoms with Crippen LogP contribution in [0.4, 0.5) is 5.69 Å². The predicted octanol–water partition coefficient (Wildman–Crippen LogP) is 3.75. The van der Waals surface area contributed by atoms with Gasteiger partial charge >= 0.3 is 0 Å². The molecule has 7 rings (SSSR count). The Kier molecular flexibility index (Phi) is 8.71. The molecule has 0 fully saturated rings. The van der Waals surface area contributed by atoms with Crippen LogP contribution in [0.25, 0.3) is 0 Å². The molecule has 0 spiro atoms. The molecular weight excluding hydrogens is 566 g/mol. The second-order valence-electron chi connectivity index (χ2n) is 10.8. The first kappa shape index (κ1) is 29.2. The van der Waals surface area contributed by atoms with Crippen LogP contribution in [0.1, 0.15) is 46.7 Å². The van der Waals surface area contributed by atoms with Crippen molar-refractivity contribution in [2.24, 2.45) is 0 Å². The topological polar surface area (TPSA) is 125 Å². The molecule has 4 aliphatic rings. The summed E-state index contributed by atoms with van der Waals surface area (Å²) in [5, 5.41) is 5.80. The van der Waals surface area contributed by atoms with Gasteiger partial charge in [0, 0.05) is 30.6 Å². The summed E-state index contributed by atoms with van der Waals surface area (Å²) in [4.78, 5) is 40.8. The van der Waals surface area contributed by atoms with Gasteiger partial charge in [0.15, 0.2) is 23.0 Å². The third-order valence-corrected chi connectivity index (χ3v) is 7.85. The average Bonchev–Trinajstić information content (AvgIpc) is 3.04. The number of hydrogen-bond donors (Lipinski definition) is 2. The van der Waals surface area contributed by atoms with Crippen LogP contribution in [0.15, 0.2) is 54.6 Å². The number of anilines is 1. The quantitative estimate of drug-likeness (QED) is 0.426. The minimum atomic E-state index is -0.314. The van der Waals surface area contributed by atoms with Gasteiger partial charge in [0.1, 0.15) is 25.6 Å². The fourth-order valence-electron chi connectivity index (χ4n) is 5.69. The maximum Gasteiger partial charge on any atom is 0.258 e. The largest absolute Gasteiger partial charge is 0.493 e. The Morgan fingerprint density at radius 1 is 0.886 bits per heavy atom. The molecule has 0 aliphatic carbocycles. The van der Waals surface area contributed by atoms with E-state index in [2.05, 4.69) is 10.6 Å². The lowest BCUT2D eigenvalue weighted by molar-refractivity contribution is -0.122. The van der Waals surface area contributed by atoms with Crippen molar-refractivity contribution >= 4 is 23.4 Å². The van der Waals surface area contributed by atoms with E-state index in [-0.39, 0.29) is 43.3 Å². The van der Waals surface area contributed by atoms with E-state index >= 15 is 0 Å². The summed E-state index contributed by atoms with van der Waals surface area (Å²) in [6.45, 7) is 1.78. The smallest absolute Gasteiger partial charge is 0.258 e. The number of nitrogens with zero attached hydrogens (tertiary/aromatic N) is 1. The molecule has 4 heterocycles. The highest BCUT2D eigenvalue weighted by molar-refractivity contribution is 5.99. The van der Waals surface area contributed by atoms with E-state index in [0.29, 0.717) is 85.6 Å². The molecule has 0 radical (unpaired) electrons. The summed E-state index contributed by atoms with van der Waals surface area (Å²) in [6.07, 6.45) is 1.52. The second-order valence-corrected chi connectivity index (χ2v) is 10.8. The molecule has 3 aromatic rings. The van der Waals surface area contributed by atoms with E-state index in [0.717, 1.165) is 11.1 Å². The molecule has 0 aromatic heterocycles. The lowest BCUT2D eigenvalue weighted by atomic mass is 9.84. The van der Waals surface area contributed by atoms with Crippen molar-refractivity contribution in [1.29, 1.82) is 0 Å². The molecule has 2 N–H and O–H groups in total. The van der Waals surface area contributed by atoms with Crippen molar-refractivity contribution in [2.45, 2.75) is 25.2 Å². The maximum absolute atomic E-state index is 13.7. The summed E-state index contributed by atoms with van der Waals surface area (Å²) in [5.41, 5.74) is 2.97. The van der Waals surface area contributed by atoms with Gasteiger partial charge in [-0.3, -0.25) is 14.4 Å². The van der Waals surface area contributed by atoms with E-state index in [1.807, 2.05) is 30.3 Å². The molecule has 0 saturated heterocycles. The van der Waals surface area contributed by atoms with Gasteiger partial charge in [0.25, 0.3) is 5.91 Å². The number of amides is 3. The minimum Gasteiger partial charge on any atom is -0.493 e. The molecule has 11 nitrogen and oxygen atoms in total. The Balaban J connectivity index is 1.25. The Labute approximate surface area is 255 Å². The van der Waals surface area contributed by atoms with E-state index in [1.54, 1.807) is 31.4 Å². The summed E-state index contributed by atoms with van der Waals surface area (Å²) in [5.74, 6) is 1.77. The Hall–Kier alpha value is -4.93. The summed E-state index contributed by atoms with van der Waals surface area (Å²) in [6, 6.07) is 16.5. The van der Waals surface area contributed by atoms with Crippen LogP contribution in [-0.4, -0.2) is 75.8 Å². The first-order valence-corrected chi connectivity index (χ1v) is 14.8. The zero-order valence-electron chi connectivity index (χ0n) is 24.6. The second kappa shape index (κ2) is 13.2. The highest BCUT2D eigenvalue weighted by Crippen LogP contribution is 2.41. The van der Waals surface area contributed by atoms with Crippen molar-refractivity contribution in [2.75, 3.05) is 58.5 Å². The molecule has 0 saturated carbocycles. The molecule has 4 aliphatic heterocycles. The SMILES string of the molecule is COc1ccc2cc1OCCCCN(C(=O)c1cccc3c1OCCO3)CC(=O)NCCOc1ccc3c(c1)NC(=O)CC23. The van der Waals surface area contributed by atoms with Gasteiger partial charge in [-0.2, -0.15) is 0 Å². The molecular formula is C33H35N3O8. The maximum atomic E-state index is 13.7. The molecule has 1 unspecified atom stereocenters. The molecule has 6 bridgehead atoms. The van der Waals surface area contributed by atoms with Crippen LogP contribution < -0.4 is 34.3 Å². The fourth-order valence-corrected chi connectivity index (χ4v) is 5.69. The van der Waals surface area contributed by atoms with Gasteiger partial charge in [-0.15, -0.1) is 0 Å². The van der Waals surface area contributed by atoms with Gasteiger partial charge in [0.2, 0.25) is 11.8 Å². The summed E-state index contributed by atoms with van der Waals surface area (Å²) < 4.78 is 29.0. The van der Waals surface area contributed by atoms with Crippen molar-refractivity contribution in [3.05, 3.63) is 71.3 Å². The predicted molar refractivity (Wildman–Crippen MR) is 161 cm³/mol. The molecule has 1 atom stereocenters. The zero-order valence-corrected chi connectivity index (χ0v) is 24.6. The molecule has 44 heavy (non-hydrogen) atoms. The molecule has 3 amide bonds. The first-order valence-electron chi connectivity index (χ1n) is 14.8. The fraction of sp³-hybridized carbons (Fsp3) is 0.364. The van der Waals surface area contributed by atoms with Crippen LogP contribution in [-0.2, 0) is 9.59 Å². The van der Waals surface area contributed by atoms with Gasteiger partial charge in [-0.1, -0.05) is 18.2 Å². The number of carbonyl (C=O) groups excluding carboxylic acids is 3. The van der Waals surface area contributed by atoms with Crippen molar-refractivity contribution in [3.8, 4) is 28.7 Å². The number of hydrogen-bond acceptors (Lipinski definition) is 8. The Bertz CT molecular complexity index is 1560. The number of fused-ring (bicyclic) bond motifs is 13. The minimum absolute atomic E-state index is 0.0819. The third-order valence-electron chi connectivity index (χ3n) is 7.85. The normalized spacial score (nSPS) is 18.7. The highest BCUT2D eigenvalue weighted by Gasteiger charge is 2.29. The third kappa shape index (κ3) is 6.36. The number of ether oxygens (including phenoxy) is 5. The lowest BCUT2D eigenvalue weighted by Crippen LogP contribution is -2.42. The van der Waals surface area contributed by atoms with Crippen molar-refractivity contribution in [3.63, 3.8) is 0 Å². The number of para-hydroxylation sites is 1. The lowest BCUT2D eigenvalue weighted by Gasteiger charge is -2.27. The number of nitrogens with one attached hydrogen (secondary N) is 2. The van der Waals surface area contributed by atoms with Crippen LogP contribution in [0.2, 0.25) is 0 Å². The van der Waals surface area contributed by atoms with Gasteiger partial charge in [-0.05, 0) is 54.3 Å². The first-order chi connectivity index (χ1) is 21.5. The number of rotatable bonds is 2. The number of benzene rings is 3. The Morgan fingerprint density at radius 3 is 2.64 bits per heavy atom. The van der Waals surface area contributed by atoms with E-state index in [1.165, 1.54) is 4.90 Å². The monoisotopic (exact) mass is 601 g/mol. The van der Waals surface area contributed by atoms with E-state index in [4.69, 9.17) is 23.7 Å². The number of methoxy groups -OCH3 is 1. The van der Waals surface area contributed by atoms with Crippen LogP contribution in [0.5, 0.6) is 28.7 Å². The van der Waals surface area contributed by atoms with Crippen LogP contribution >= 0.6 is 0 Å². The molecule has 230 valence electrons. The zero-order chi connectivity index (χ0) is 30.5. The number of carbonyl (C=O) groups is 3. The van der Waals surface area contributed by atoms with Gasteiger partial charge in [-0.25, -0.2) is 0 Å². The van der Waals surface area contributed by atoms with Crippen molar-refractivity contribution in [1.82, 2.24) is 10.2 Å². The molecule has 11 heteroatoms. The van der Waals surface area contributed by atoms with Crippen molar-refractivity contribution < 1.29 is 38.1 Å². The summed E-state index contributed by atoms with van der Waals surface area (Å²) >= 11 is 0. The van der Waals surface area contributed by atoms with Gasteiger partial charge < -0.3 is 39.2 Å². The van der Waals surface area contributed by atoms with Crippen LogP contribution in [0, 0.1) is 0 Å². The standard InChI is InChI=1S/C33H35N3O8/c1-40-27-10-7-21-17-29(27)42-13-3-2-12-36(33(39)24-5-4-6-28-32(24)44-16-15-43-28)20-31(38)34-11-14-41-22-8-9-23-25(21)19-30(37)35-26(23)18-22/h4-10,17-18,25H,2-3,11-16,19-20H2,1H3,(H,34,38)(H,35,37). The van der Waals surface area contributed by atoms with E-state index < -0.39 is 0 Å². The molecule has 3 aromatic carbocycles. The van der Waals surface area contributed by atoms with Gasteiger partial charge in [0.05, 0.1) is 32.4 Å². The van der Waals surface area contributed by atoms with E-state index in [9.17, 15) is 14.4 Å². The highest BCUT2D eigenvalue weighted by atomic mass is 16.6.